The van der Waals surface area contributed by atoms with E-state index in [1.54, 1.807) is 13.0 Å². The molecule has 1 atom stereocenters. The topological polar surface area (TPSA) is 101 Å². The van der Waals surface area contributed by atoms with E-state index < -0.39 is 11.6 Å². The number of ether oxygens (including phenoxy) is 1. The third-order valence-electron chi connectivity index (χ3n) is 2.18. The van der Waals surface area contributed by atoms with Gasteiger partial charge >= 0.3 is 5.97 Å². The van der Waals surface area contributed by atoms with E-state index in [0.717, 1.165) is 6.33 Å². The molecule has 1 unspecified atom stereocenters. The van der Waals surface area contributed by atoms with Crippen LogP contribution in [0.5, 0.6) is 0 Å². The van der Waals surface area contributed by atoms with Crippen molar-refractivity contribution < 1.29 is 14.6 Å². The minimum absolute atomic E-state index is 0.0672. The Labute approximate surface area is 98.0 Å². The molecule has 0 aliphatic rings. The fourth-order valence-electron chi connectivity index (χ4n) is 1.29. The number of rotatable bonds is 4. The van der Waals surface area contributed by atoms with Crippen LogP contribution in [-0.2, 0) is 22.2 Å². The summed E-state index contributed by atoms with van der Waals surface area (Å²) in [5.74, 6) is -1.11. The minimum Gasteiger partial charge on any atom is -0.463 e. The Morgan fingerprint density at radius 3 is 2.88 bits per heavy atom. The zero-order chi connectivity index (χ0) is 13.1. The third-order valence-corrected chi connectivity index (χ3v) is 2.18. The summed E-state index contributed by atoms with van der Waals surface area (Å²) in [6.45, 7) is 5.01. The number of esters is 1. The quantitative estimate of drug-likeness (QED) is 0.566. The monoisotopic (exact) mass is 236 g/mol. The molecule has 17 heavy (non-hydrogen) atoms. The van der Waals surface area contributed by atoms with Crippen LogP contribution >= 0.6 is 0 Å². The summed E-state index contributed by atoms with van der Waals surface area (Å²) >= 11 is 0. The Morgan fingerprint density at radius 2 is 2.47 bits per heavy atom. The summed E-state index contributed by atoms with van der Waals surface area (Å²) in [6, 6.07) is 1.63. The molecule has 0 saturated carbocycles. The Kier molecular flexibility index (Phi) is 3.60. The number of hydrogen-bond acceptors (Lipinski definition) is 6. The number of hydrogen-bond donors (Lipinski definition) is 1. The van der Waals surface area contributed by atoms with Crippen molar-refractivity contribution in [3.05, 3.63) is 24.3 Å². The predicted octanol–water partition coefficient (Wildman–Crippen LogP) is -0.354. The number of nitriles is 1. The lowest BCUT2D eigenvalue weighted by molar-refractivity contribution is -0.162. The second-order valence-electron chi connectivity index (χ2n) is 3.23. The molecular weight excluding hydrogens is 224 g/mol. The van der Waals surface area contributed by atoms with E-state index in [0.29, 0.717) is 0 Å². The number of aryl methyl sites for hydroxylation is 1. The summed E-state index contributed by atoms with van der Waals surface area (Å²) < 4.78 is 5.91. The zero-order valence-electron chi connectivity index (χ0n) is 9.54. The second-order valence-corrected chi connectivity index (χ2v) is 3.23. The van der Waals surface area contributed by atoms with Crippen molar-refractivity contribution in [2.45, 2.75) is 12.5 Å². The Balaban J connectivity index is 3.31. The molecule has 0 aliphatic heterocycles. The summed E-state index contributed by atoms with van der Waals surface area (Å²) in [7, 11) is 1.48. The number of aromatic nitrogens is 3. The fraction of sp³-hybridized carbons (Fsp3) is 0.400. The lowest BCUT2D eigenvalue weighted by Crippen LogP contribution is -2.41. The molecule has 0 aliphatic carbocycles. The van der Waals surface area contributed by atoms with Crippen LogP contribution in [0.15, 0.2) is 18.5 Å². The van der Waals surface area contributed by atoms with Crippen LogP contribution < -0.4 is 0 Å². The van der Waals surface area contributed by atoms with Gasteiger partial charge in [0, 0.05) is 7.05 Å². The van der Waals surface area contributed by atoms with E-state index in [2.05, 4.69) is 16.7 Å². The normalized spacial score (nSPS) is 13.5. The van der Waals surface area contributed by atoms with Crippen molar-refractivity contribution in [2.24, 2.45) is 7.05 Å². The molecule has 90 valence electrons. The molecule has 0 spiro atoms. The van der Waals surface area contributed by atoms with Gasteiger partial charge in [0.05, 0.1) is 18.2 Å². The molecule has 1 aromatic rings. The van der Waals surface area contributed by atoms with Crippen LogP contribution in [0.1, 0.15) is 12.7 Å². The lowest BCUT2D eigenvalue weighted by Gasteiger charge is -2.23. The Bertz CT molecular complexity index is 488. The van der Waals surface area contributed by atoms with Gasteiger partial charge in [-0.1, -0.05) is 6.58 Å². The molecule has 0 amide bonds. The van der Waals surface area contributed by atoms with Gasteiger partial charge in [0.1, 0.15) is 6.33 Å². The number of carbonyl (C=O) groups is 1. The fourth-order valence-corrected chi connectivity index (χ4v) is 1.29. The number of carbonyl (C=O) groups excluding carboxylic acids is 1. The van der Waals surface area contributed by atoms with E-state index >= 15 is 0 Å². The van der Waals surface area contributed by atoms with Gasteiger partial charge in [-0.25, -0.2) is 14.5 Å². The molecule has 1 aromatic heterocycles. The first-order chi connectivity index (χ1) is 7.98. The molecule has 1 N–H and O–H groups in total. The van der Waals surface area contributed by atoms with Gasteiger partial charge in [0.25, 0.3) is 5.60 Å². The minimum atomic E-state index is -2.30. The zero-order valence-corrected chi connectivity index (χ0v) is 9.54. The van der Waals surface area contributed by atoms with Crippen LogP contribution in [0.3, 0.4) is 0 Å². The van der Waals surface area contributed by atoms with Crippen molar-refractivity contribution in [1.82, 2.24) is 14.8 Å². The standard InChI is InChI=1S/C10H12N4O3/c1-4-17-9(15)10(16,7(2)5-11)8-12-6-13-14(8)3/h6,16H,2,4H2,1,3H3. The Hall–Kier alpha value is -2.20. The first kappa shape index (κ1) is 12.9. The molecule has 7 nitrogen and oxygen atoms in total. The van der Waals surface area contributed by atoms with Crippen molar-refractivity contribution in [2.75, 3.05) is 6.61 Å². The van der Waals surface area contributed by atoms with Gasteiger partial charge in [-0.15, -0.1) is 0 Å². The number of aliphatic hydroxyl groups is 1. The molecule has 0 saturated heterocycles. The van der Waals surface area contributed by atoms with Gasteiger partial charge in [-0.3, -0.25) is 0 Å². The van der Waals surface area contributed by atoms with Crippen LogP contribution in [0, 0.1) is 11.3 Å². The highest BCUT2D eigenvalue weighted by atomic mass is 16.5. The molecule has 1 heterocycles. The SMILES string of the molecule is C=C(C#N)C(O)(C(=O)OCC)c1ncnn1C. The average Bonchev–Trinajstić information content (AvgIpc) is 2.74. The van der Waals surface area contributed by atoms with Crippen molar-refractivity contribution in [1.29, 1.82) is 5.26 Å². The van der Waals surface area contributed by atoms with Gasteiger partial charge in [0.2, 0.25) is 0 Å². The van der Waals surface area contributed by atoms with E-state index in [1.807, 2.05) is 0 Å². The maximum Gasteiger partial charge on any atom is 0.351 e. The van der Waals surface area contributed by atoms with Crippen LogP contribution in [0.25, 0.3) is 0 Å². The maximum atomic E-state index is 11.8. The molecular formula is C10H12N4O3. The summed E-state index contributed by atoms with van der Waals surface area (Å²) in [4.78, 5) is 15.5. The molecule has 0 radical (unpaired) electrons. The summed E-state index contributed by atoms with van der Waals surface area (Å²) in [5, 5.41) is 22.8. The first-order valence-corrected chi connectivity index (χ1v) is 4.82. The van der Waals surface area contributed by atoms with Gasteiger partial charge in [-0.2, -0.15) is 10.4 Å². The van der Waals surface area contributed by atoms with E-state index in [9.17, 15) is 9.90 Å². The Morgan fingerprint density at radius 1 is 1.82 bits per heavy atom. The van der Waals surface area contributed by atoms with Gasteiger partial charge < -0.3 is 9.84 Å². The highest BCUT2D eigenvalue weighted by Crippen LogP contribution is 2.27. The largest absolute Gasteiger partial charge is 0.463 e. The first-order valence-electron chi connectivity index (χ1n) is 4.82. The lowest BCUT2D eigenvalue weighted by atomic mass is 9.95. The van der Waals surface area contributed by atoms with Crippen molar-refractivity contribution in [3.63, 3.8) is 0 Å². The summed E-state index contributed by atoms with van der Waals surface area (Å²) in [6.07, 6.45) is 1.16. The van der Waals surface area contributed by atoms with Crippen molar-refractivity contribution in [3.8, 4) is 6.07 Å². The predicted molar refractivity (Wildman–Crippen MR) is 56.3 cm³/mol. The third kappa shape index (κ3) is 2.03. The second kappa shape index (κ2) is 4.76. The van der Waals surface area contributed by atoms with Gasteiger partial charge in [0.15, 0.2) is 5.82 Å². The summed E-state index contributed by atoms with van der Waals surface area (Å²) in [5.41, 5.74) is -2.66. The average molecular weight is 236 g/mol. The van der Waals surface area contributed by atoms with E-state index in [1.165, 1.54) is 11.7 Å². The van der Waals surface area contributed by atoms with Crippen molar-refractivity contribution >= 4 is 5.97 Å². The smallest absolute Gasteiger partial charge is 0.351 e. The van der Waals surface area contributed by atoms with Crippen LogP contribution in [0.4, 0.5) is 0 Å². The van der Waals surface area contributed by atoms with E-state index in [4.69, 9.17) is 10.00 Å². The number of nitrogens with zero attached hydrogens (tertiary/aromatic N) is 4. The van der Waals surface area contributed by atoms with Crippen LogP contribution in [-0.4, -0.2) is 32.4 Å². The van der Waals surface area contributed by atoms with Crippen LogP contribution in [0.2, 0.25) is 0 Å². The molecule has 1 rings (SSSR count). The van der Waals surface area contributed by atoms with E-state index in [-0.39, 0.29) is 18.0 Å². The highest BCUT2D eigenvalue weighted by molar-refractivity contribution is 5.85. The highest BCUT2D eigenvalue weighted by Gasteiger charge is 2.47. The van der Waals surface area contributed by atoms with Gasteiger partial charge in [-0.05, 0) is 6.92 Å². The molecule has 0 aromatic carbocycles. The molecule has 0 fully saturated rings. The molecule has 7 heteroatoms. The maximum absolute atomic E-state index is 11.8. The molecule has 0 bridgehead atoms.